The molecule has 0 fully saturated rings. The summed E-state index contributed by atoms with van der Waals surface area (Å²) in [5, 5.41) is 4.10. The molecular weight excluding hydrogens is 334 g/mol. The highest BCUT2D eigenvalue weighted by Crippen LogP contribution is 2.35. The number of halogens is 1. The molecule has 0 unspecified atom stereocenters. The molecule has 0 saturated carbocycles. The third-order valence-corrected chi connectivity index (χ3v) is 4.85. The molecular formula is C10H12BrN5S2. The Morgan fingerprint density at radius 1 is 1.44 bits per heavy atom. The Bertz CT molecular complexity index is 531. The lowest BCUT2D eigenvalue weighted by molar-refractivity contribution is 0.945. The molecule has 8 heteroatoms. The number of rotatable bonds is 5. The van der Waals surface area contributed by atoms with Crippen molar-refractivity contribution in [2.24, 2.45) is 0 Å². The van der Waals surface area contributed by atoms with E-state index in [0.717, 1.165) is 38.4 Å². The second-order valence-electron chi connectivity index (χ2n) is 3.48. The molecule has 2 heterocycles. The maximum Gasteiger partial charge on any atom is 0.176 e. The number of nitrogens with zero attached hydrogens (tertiary/aromatic N) is 4. The van der Waals surface area contributed by atoms with Crippen molar-refractivity contribution in [2.45, 2.75) is 29.6 Å². The van der Waals surface area contributed by atoms with Crippen LogP contribution in [0.1, 0.15) is 19.2 Å². The van der Waals surface area contributed by atoms with Gasteiger partial charge in [-0.1, -0.05) is 6.92 Å². The standard InChI is InChI=1S/C10H12BrN5S2/c1-3-4-12-8-7(11)9(14-5-13-8)17-10-15-6(2)16-18-10/h5H,3-4H2,1-2H3,(H,12,13,14). The molecule has 0 saturated heterocycles. The number of hydrogen-bond acceptors (Lipinski definition) is 7. The van der Waals surface area contributed by atoms with E-state index in [9.17, 15) is 0 Å². The number of aromatic nitrogens is 4. The fourth-order valence-corrected chi connectivity index (χ4v) is 3.33. The summed E-state index contributed by atoms with van der Waals surface area (Å²) in [6, 6.07) is 0. The molecule has 0 spiro atoms. The molecule has 0 aliphatic rings. The van der Waals surface area contributed by atoms with Gasteiger partial charge in [-0.3, -0.25) is 0 Å². The SMILES string of the molecule is CCCNc1ncnc(Sc2nc(C)ns2)c1Br. The van der Waals surface area contributed by atoms with Crippen molar-refractivity contribution in [2.75, 3.05) is 11.9 Å². The molecule has 5 nitrogen and oxygen atoms in total. The van der Waals surface area contributed by atoms with Crippen LogP contribution in [0.5, 0.6) is 0 Å². The fraction of sp³-hybridized carbons (Fsp3) is 0.400. The van der Waals surface area contributed by atoms with Gasteiger partial charge in [0.25, 0.3) is 0 Å². The predicted molar refractivity (Wildman–Crippen MR) is 77.3 cm³/mol. The zero-order chi connectivity index (χ0) is 13.0. The number of hydrogen-bond donors (Lipinski definition) is 1. The zero-order valence-electron chi connectivity index (χ0n) is 9.97. The van der Waals surface area contributed by atoms with Crippen molar-refractivity contribution in [3.05, 3.63) is 16.6 Å². The number of anilines is 1. The van der Waals surface area contributed by atoms with Gasteiger partial charge in [-0.2, -0.15) is 4.37 Å². The van der Waals surface area contributed by atoms with Crippen molar-refractivity contribution in [3.63, 3.8) is 0 Å². The van der Waals surface area contributed by atoms with Gasteiger partial charge in [0.2, 0.25) is 0 Å². The highest BCUT2D eigenvalue weighted by atomic mass is 79.9. The zero-order valence-corrected chi connectivity index (χ0v) is 13.2. The maximum absolute atomic E-state index is 4.31. The van der Waals surface area contributed by atoms with Gasteiger partial charge in [-0.05, 0) is 52.6 Å². The molecule has 0 atom stereocenters. The normalized spacial score (nSPS) is 10.6. The first-order valence-corrected chi connectivity index (χ1v) is 7.81. The van der Waals surface area contributed by atoms with E-state index < -0.39 is 0 Å². The van der Waals surface area contributed by atoms with Crippen LogP contribution in [0.2, 0.25) is 0 Å². The smallest absolute Gasteiger partial charge is 0.176 e. The van der Waals surface area contributed by atoms with Gasteiger partial charge in [0.05, 0.1) is 4.47 Å². The molecule has 2 aromatic rings. The monoisotopic (exact) mass is 345 g/mol. The predicted octanol–water partition coefficient (Wildman–Crippen LogP) is 3.37. The van der Waals surface area contributed by atoms with Crippen LogP contribution in [0.3, 0.4) is 0 Å². The lowest BCUT2D eigenvalue weighted by atomic mass is 10.4. The molecule has 0 radical (unpaired) electrons. The van der Waals surface area contributed by atoms with Gasteiger partial charge < -0.3 is 5.32 Å². The molecule has 0 aliphatic carbocycles. The third kappa shape index (κ3) is 3.39. The minimum atomic E-state index is 0.789. The van der Waals surface area contributed by atoms with E-state index in [2.05, 4.69) is 47.5 Å². The van der Waals surface area contributed by atoms with Crippen molar-refractivity contribution >= 4 is 45.0 Å². The molecule has 0 aliphatic heterocycles. The first-order valence-electron chi connectivity index (χ1n) is 5.43. The quantitative estimate of drug-likeness (QED) is 0.838. The molecule has 96 valence electrons. The van der Waals surface area contributed by atoms with E-state index >= 15 is 0 Å². The van der Waals surface area contributed by atoms with Crippen molar-refractivity contribution in [3.8, 4) is 0 Å². The van der Waals surface area contributed by atoms with E-state index in [1.54, 1.807) is 6.33 Å². The molecule has 0 bridgehead atoms. The fourth-order valence-electron chi connectivity index (χ4n) is 1.19. The van der Waals surface area contributed by atoms with Crippen LogP contribution in [-0.4, -0.2) is 25.9 Å². The van der Waals surface area contributed by atoms with Crippen molar-refractivity contribution in [1.82, 2.24) is 19.3 Å². The lowest BCUT2D eigenvalue weighted by Crippen LogP contribution is -2.03. The molecule has 2 aromatic heterocycles. The van der Waals surface area contributed by atoms with Gasteiger partial charge in [-0.15, -0.1) is 0 Å². The first-order chi connectivity index (χ1) is 8.70. The summed E-state index contributed by atoms with van der Waals surface area (Å²) in [6.45, 7) is 4.88. The van der Waals surface area contributed by atoms with Gasteiger partial charge >= 0.3 is 0 Å². The third-order valence-electron chi connectivity index (χ3n) is 1.99. The van der Waals surface area contributed by atoms with E-state index in [0.29, 0.717) is 0 Å². The molecule has 18 heavy (non-hydrogen) atoms. The van der Waals surface area contributed by atoms with Crippen LogP contribution in [0.4, 0.5) is 5.82 Å². The highest BCUT2D eigenvalue weighted by molar-refractivity contribution is 9.10. The van der Waals surface area contributed by atoms with Crippen LogP contribution in [-0.2, 0) is 0 Å². The van der Waals surface area contributed by atoms with Crippen LogP contribution in [0, 0.1) is 6.92 Å². The van der Waals surface area contributed by atoms with Crippen LogP contribution in [0.25, 0.3) is 0 Å². The van der Waals surface area contributed by atoms with Crippen LogP contribution >= 0.6 is 39.2 Å². The summed E-state index contributed by atoms with van der Waals surface area (Å²) in [5.74, 6) is 1.60. The second kappa shape index (κ2) is 6.44. The summed E-state index contributed by atoms with van der Waals surface area (Å²) >= 11 is 6.39. The van der Waals surface area contributed by atoms with E-state index in [1.807, 2.05) is 6.92 Å². The van der Waals surface area contributed by atoms with Crippen molar-refractivity contribution in [1.29, 1.82) is 0 Å². The van der Waals surface area contributed by atoms with Gasteiger partial charge in [0.1, 0.15) is 23.0 Å². The Balaban J connectivity index is 2.17. The Labute approximate surface area is 122 Å². The Morgan fingerprint density at radius 3 is 2.94 bits per heavy atom. The summed E-state index contributed by atoms with van der Waals surface area (Å²) in [6.07, 6.45) is 2.60. The molecule has 0 aromatic carbocycles. The summed E-state index contributed by atoms with van der Waals surface area (Å²) in [4.78, 5) is 12.8. The van der Waals surface area contributed by atoms with Gasteiger partial charge in [-0.25, -0.2) is 15.0 Å². The maximum atomic E-state index is 4.31. The second-order valence-corrected chi connectivity index (χ2v) is 6.26. The largest absolute Gasteiger partial charge is 0.369 e. The van der Waals surface area contributed by atoms with Gasteiger partial charge in [0.15, 0.2) is 4.34 Å². The van der Waals surface area contributed by atoms with Crippen LogP contribution in [0.15, 0.2) is 20.2 Å². The summed E-state index contributed by atoms with van der Waals surface area (Å²) in [5.41, 5.74) is 0. The summed E-state index contributed by atoms with van der Waals surface area (Å²) < 4.78 is 5.90. The Hall–Kier alpha value is -0.730. The average Bonchev–Trinajstić information content (AvgIpc) is 2.76. The highest BCUT2D eigenvalue weighted by Gasteiger charge is 2.12. The lowest BCUT2D eigenvalue weighted by Gasteiger charge is -2.07. The molecule has 2 rings (SSSR count). The average molecular weight is 346 g/mol. The number of nitrogens with one attached hydrogen (secondary N) is 1. The number of aryl methyl sites for hydroxylation is 1. The molecule has 1 N–H and O–H groups in total. The Morgan fingerprint density at radius 2 is 2.28 bits per heavy atom. The van der Waals surface area contributed by atoms with E-state index in [1.165, 1.54) is 23.3 Å². The minimum Gasteiger partial charge on any atom is -0.369 e. The van der Waals surface area contributed by atoms with Gasteiger partial charge in [0, 0.05) is 6.54 Å². The van der Waals surface area contributed by atoms with Crippen LogP contribution < -0.4 is 5.32 Å². The molecule has 0 amide bonds. The first kappa shape index (κ1) is 13.7. The van der Waals surface area contributed by atoms with E-state index in [-0.39, 0.29) is 0 Å². The minimum absolute atomic E-state index is 0.789. The summed E-state index contributed by atoms with van der Waals surface area (Å²) in [7, 11) is 0. The topological polar surface area (TPSA) is 63.6 Å². The van der Waals surface area contributed by atoms with E-state index in [4.69, 9.17) is 0 Å². The van der Waals surface area contributed by atoms with Crippen molar-refractivity contribution < 1.29 is 0 Å². The Kier molecular flexibility index (Phi) is 4.90.